The van der Waals surface area contributed by atoms with Gasteiger partial charge in [-0.1, -0.05) is 36.2 Å². The van der Waals surface area contributed by atoms with Gasteiger partial charge in [0.1, 0.15) is 0 Å². The molecule has 1 atom stereocenters. The van der Waals surface area contributed by atoms with E-state index in [0.29, 0.717) is 6.04 Å². The standard InChI is InChI=1S/C16H19N3S/c1-20-18-8-6-12(7-9-18)16-14-5-3-2-4-13(14)15-10-17-11-19(15)16/h2-5,10-12,16H,6-9H2,1H3. The quantitative estimate of drug-likeness (QED) is 0.789. The molecule has 0 amide bonds. The lowest BCUT2D eigenvalue weighted by Gasteiger charge is -2.34. The molecule has 3 nitrogen and oxygen atoms in total. The van der Waals surface area contributed by atoms with Crippen molar-refractivity contribution in [3.05, 3.63) is 42.4 Å². The van der Waals surface area contributed by atoms with E-state index in [1.54, 1.807) is 0 Å². The second-order valence-corrected chi connectivity index (χ2v) is 6.55. The summed E-state index contributed by atoms with van der Waals surface area (Å²) in [5.41, 5.74) is 4.16. The Morgan fingerprint density at radius 2 is 2.00 bits per heavy atom. The Balaban J connectivity index is 1.69. The molecule has 0 radical (unpaired) electrons. The van der Waals surface area contributed by atoms with Gasteiger partial charge in [-0.25, -0.2) is 4.98 Å². The molecule has 4 heteroatoms. The minimum absolute atomic E-state index is 0.493. The first-order valence-electron chi connectivity index (χ1n) is 7.28. The minimum atomic E-state index is 0.493. The average Bonchev–Trinajstić information content (AvgIpc) is 3.08. The first-order valence-corrected chi connectivity index (χ1v) is 8.47. The van der Waals surface area contributed by atoms with Gasteiger partial charge in [-0.3, -0.25) is 4.31 Å². The molecule has 2 aliphatic heterocycles. The van der Waals surface area contributed by atoms with E-state index < -0.39 is 0 Å². The zero-order valence-corrected chi connectivity index (χ0v) is 12.5. The number of nitrogens with zero attached hydrogens (tertiary/aromatic N) is 3. The number of fused-ring (bicyclic) bond motifs is 3. The summed E-state index contributed by atoms with van der Waals surface area (Å²) >= 11 is 1.88. The van der Waals surface area contributed by atoms with E-state index in [2.05, 4.69) is 44.4 Å². The Kier molecular flexibility index (Phi) is 3.08. The third-order valence-corrected chi connectivity index (χ3v) is 5.61. The highest BCUT2D eigenvalue weighted by Gasteiger charge is 2.35. The molecule has 0 N–H and O–H groups in total. The van der Waals surface area contributed by atoms with Crippen molar-refractivity contribution in [2.24, 2.45) is 5.92 Å². The summed E-state index contributed by atoms with van der Waals surface area (Å²) in [4.78, 5) is 4.37. The molecule has 0 aliphatic carbocycles. The van der Waals surface area contributed by atoms with Gasteiger partial charge in [0.05, 0.1) is 24.3 Å². The lowest BCUT2D eigenvalue weighted by Crippen LogP contribution is -2.32. The van der Waals surface area contributed by atoms with Crippen molar-refractivity contribution in [2.45, 2.75) is 18.9 Å². The van der Waals surface area contributed by atoms with Crippen LogP contribution in [0.2, 0.25) is 0 Å². The number of hydrogen-bond donors (Lipinski definition) is 0. The van der Waals surface area contributed by atoms with Gasteiger partial charge in [-0.05, 0) is 30.6 Å². The average molecular weight is 285 g/mol. The van der Waals surface area contributed by atoms with Crippen LogP contribution in [0.1, 0.15) is 24.4 Å². The second kappa shape index (κ2) is 4.93. The maximum absolute atomic E-state index is 4.37. The molecule has 1 aromatic carbocycles. The lowest BCUT2D eigenvalue weighted by molar-refractivity contribution is 0.244. The zero-order chi connectivity index (χ0) is 13.5. The molecule has 1 unspecified atom stereocenters. The Hall–Kier alpha value is -1.26. The monoisotopic (exact) mass is 285 g/mol. The van der Waals surface area contributed by atoms with Crippen molar-refractivity contribution in [3.8, 4) is 11.3 Å². The number of hydrogen-bond acceptors (Lipinski definition) is 3. The predicted molar refractivity (Wildman–Crippen MR) is 83.6 cm³/mol. The van der Waals surface area contributed by atoms with Crippen LogP contribution in [0.3, 0.4) is 0 Å². The molecule has 1 fully saturated rings. The van der Waals surface area contributed by atoms with E-state index in [9.17, 15) is 0 Å². The molecule has 1 aromatic heterocycles. The van der Waals surface area contributed by atoms with Crippen LogP contribution in [0.15, 0.2) is 36.8 Å². The Labute approximate surface area is 124 Å². The summed E-state index contributed by atoms with van der Waals surface area (Å²) in [6, 6.07) is 9.33. The largest absolute Gasteiger partial charge is 0.323 e. The topological polar surface area (TPSA) is 21.1 Å². The Morgan fingerprint density at radius 1 is 1.20 bits per heavy atom. The second-order valence-electron chi connectivity index (χ2n) is 5.67. The summed E-state index contributed by atoms with van der Waals surface area (Å²) in [5.74, 6) is 0.731. The molecular weight excluding hydrogens is 266 g/mol. The lowest BCUT2D eigenvalue weighted by atomic mass is 9.86. The fourth-order valence-electron chi connectivity index (χ4n) is 3.73. The molecule has 2 aliphatic rings. The van der Waals surface area contributed by atoms with Crippen LogP contribution >= 0.6 is 11.9 Å². The van der Waals surface area contributed by atoms with Crippen LogP contribution in [0.25, 0.3) is 11.3 Å². The zero-order valence-electron chi connectivity index (χ0n) is 11.7. The van der Waals surface area contributed by atoms with Gasteiger partial charge < -0.3 is 4.57 Å². The number of imidazole rings is 1. The normalized spacial score (nSPS) is 22.8. The van der Waals surface area contributed by atoms with Crippen molar-refractivity contribution in [2.75, 3.05) is 19.3 Å². The molecule has 2 aromatic rings. The highest BCUT2D eigenvalue weighted by Crippen LogP contribution is 2.45. The highest BCUT2D eigenvalue weighted by molar-refractivity contribution is 7.96. The summed E-state index contributed by atoms with van der Waals surface area (Å²) < 4.78 is 4.87. The summed E-state index contributed by atoms with van der Waals surface area (Å²) in [7, 11) is 0. The van der Waals surface area contributed by atoms with Crippen LogP contribution in [-0.4, -0.2) is 33.2 Å². The van der Waals surface area contributed by atoms with Crippen LogP contribution in [-0.2, 0) is 0 Å². The van der Waals surface area contributed by atoms with E-state index in [4.69, 9.17) is 0 Å². The SMILES string of the molecule is CSN1CCC(C2c3ccccc3-c3cncn32)CC1. The fourth-order valence-corrected chi connectivity index (χ4v) is 4.30. The number of rotatable bonds is 2. The van der Waals surface area contributed by atoms with E-state index >= 15 is 0 Å². The first-order chi connectivity index (χ1) is 9.88. The van der Waals surface area contributed by atoms with E-state index in [1.165, 1.54) is 42.8 Å². The van der Waals surface area contributed by atoms with Gasteiger partial charge >= 0.3 is 0 Å². The van der Waals surface area contributed by atoms with Gasteiger partial charge in [0.15, 0.2) is 0 Å². The fraction of sp³-hybridized carbons (Fsp3) is 0.438. The van der Waals surface area contributed by atoms with E-state index in [1.807, 2.05) is 24.5 Å². The van der Waals surface area contributed by atoms with Gasteiger partial charge in [-0.2, -0.15) is 0 Å². The van der Waals surface area contributed by atoms with Crippen molar-refractivity contribution in [1.29, 1.82) is 0 Å². The molecule has 0 spiro atoms. The molecule has 1 saturated heterocycles. The van der Waals surface area contributed by atoms with Crippen molar-refractivity contribution < 1.29 is 0 Å². The number of aromatic nitrogens is 2. The molecule has 104 valence electrons. The number of benzene rings is 1. The van der Waals surface area contributed by atoms with E-state index in [0.717, 1.165) is 5.92 Å². The number of piperidine rings is 1. The molecule has 20 heavy (non-hydrogen) atoms. The van der Waals surface area contributed by atoms with E-state index in [-0.39, 0.29) is 0 Å². The third kappa shape index (κ3) is 1.82. The van der Waals surface area contributed by atoms with Crippen molar-refractivity contribution in [1.82, 2.24) is 13.9 Å². The summed E-state index contributed by atoms with van der Waals surface area (Å²) in [6.45, 7) is 2.41. The predicted octanol–water partition coefficient (Wildman–Crippen LogP) is 3.44. The van der Waals surface area contributed by atoms with Crippen LogP contribution in [0, 0.1) is 5.92 Å². The maximum atomic E-state index is 4.37. The maximum Gasteiger partial charge on any atom is 0.0956 e. The third-order valence-electron chi connectivity index (χ3n) is 4.72. The molecule has 0 bridgehead atoms. The van der Waals surface area contributed by atoms with Crippen molar-refractivity contribution >= 4 is 11.9 Å². The molecule has 4 rings (SSSR count). The molecule has 3 heterocycles. The molecule has 0 saturated carbocycles. The Morgan fingerprint density at radius 3 is 2.80 bits per heavy atom. The van der Waals surface area contributed by atoms with Gasteiger partial charge in [0.25, 0.3) is 0 Å². The highest BCUT2D eigenvalue weighted by atomic mass is 32.2. The minimum Gasteiger partial charge on any atom is -0.323 e. The van der Waals surface area contributed by atoms with Gasteiger partial charge in [-0.15, -0.1) is 0 Å². The summed E-state index contributed by atoms with van der Waals surface area (Å²) in [5, 5.41) is 0. The van der Waals surface area contributed by atoms with Crippen LogP contribution in [0.5, 0.6) is 0 Å². The smallest absolute Gasteiger partial charge is 0.0956 e. The summed E-state index contributed by atoms with van der Waals surface area (Å²) in [6.07, 6.45) is 8.75. The van der Waals surface area contributed by atoms with Crippen LogP contribution in [0.4, 0.5) is 0 Å². The molecular formula is C16H19N3S. The van der Waals surface area contributed by atoms with Gasteiger partial charge in [0.2, 0.25) is 0 Å². The Bertz CT molecular complexity index is 614. The first kappa shape index (κ1) is 12.5. The van der Waals surface area contributed by atoms with Gasteiger partial charge in [0, 0.05) is 18.7 Å². The van der Waals surface area contributed by atoms with Crippen molar-refractivity contribution in [3.63, 3.8) is 0 Å². The van der Waals surface area contributed by atoms with Crippen LogP contribution < -0.4 is 0 Å².